The Kier molecular flexibility index (Phi) is 6.16. The Morgan fingerprint density at radius 1 is 1.00 bits per heavy atom. The van der Waals surface area contributed by atoms with E-state index in [0.717, 1.165) is 44.3 Å². The molecule has 162 valence electrons. The highest BCUT2D eigenvalue weighted by Crippen LogP contribution is 2.29. The molecule has 2 heterocycles. The Labute approximate surface area is 180 Å². The maximum atomic E-state index is 12.8. The Bertz CT molecular complexity index is 1000. The van der Waals surface area contributed by atoms with E-state index in [-0.39, 0.29) is 23.8 Å². The number of nitro benzene ring substituents is 1. The predicted octanol–water partition coefficient (Wildman–Crippen LogP) is 3.33. The maximum absolute atomic E-state index is 12.8. The fourth-order valence-corrected chi connectivity index (χ4v) is 4.22. The molecule has 1 amide bonds. The minimum absolute atomic E-state index is 0.132. The molecular formula is C23H25N3O5. The van der Waals surface area contributed by atoms with E-state index in [0.29, 0.717) is 18.8 Å². The largest absolute Gasteiger partial charge is 0.452 e. The Hall–Kier alpha value is -3.42. The smallest absolute Gasteiger partial charge is 0.341 e. The van der Waals surface area contributed by atoms with E-state index in [1.807, 2.05) is 23.1 Å². The van der Waals surface area contributed by atoms with Crippen LogP contribution in [0, 0.1) is 10.1 Å². The van der Waals surface area contributed by atoms with Gasteiger partial charge >= 0.3 is 5.97 Å². The van der Waals surface area contributed by atoms with Gasteiger partial charge in [-0.05, 0) is 42.9 Å². The molecule has 0 radical (unpaired) electrons. The average molecular weight is 423 g/mol. The second-order valence-electron chi connectivity index (χ2n) is 7.92. The molecular weight excluding hydrogens is 398 g/mol. The normalized spacial score (nSPS) is 15.9. The quantitative estimate of drug-likeness (QED) is 0.416. The minimum Gasteiger partial charge on any atom is -0.452 e. The second-order valence-corrected chi connectivity index (χ2v) is 7.92. The van der Waals surface area contributed by atoms with Gasteiger partial charge in [-0.2, -0.15) is 0 Å². The summed E-state index contributed by atoms with van der Waals surface area (Å²) in [5, 5.41) is 11.2. The maximum Gasteiger partial charge on any atom is 0.341 e. The lowest BCUT2D eigenvalue weighted by atomic mass is 10.00. The summed E-state index contributed by atoms with van der Waals surface area (Å²) in [4.78, 5) is 39.9. The summed E-state index contributed by atoms with van der Waals surface area (Å²) in [6, 6.07) is 12.2. The van der Waals surface area contributed by atoms with Crippen molar-refractivity contribution < 1.29 is 19.2 Å². The van der Waals surface area contributed by atoms with Crippen molar-refractivity contribution in [2.75, 3.05) is 31.1 Å². The highest BCUT2D eigenvalue weighted by atomic mass is 16.6. The van der Waals surface area contributed by atoms with Crippen molar-refractivity contribution >= 4 is 23.3 Å². The van der Waals surface area contributed by atoms with Gasteiger partial charge in [0.1, 0.15) is 0 Å². The van der Waals surface area contributed by atoms with Crippen LogP contribution in [0.1, 0.15) is 40.7 Å². The van der Waals surface area contributed by atoms with E-state index in [2.05, 4.69) is 6.07 Å². The number of amides is 1. The van der Waals surface area contributed by atoms with Gasteiger partial charge in [-0.25, -0.2) is 4.79 Å². The molecule has 0 aliphatic carbocycles. The molecule has 2 aromatic rings. The molecule has 0 atom stereocenters. The third kappa shape index (κ3) is 4.68. The second kappa shape index (κ2) is 9.16. The number of nitrogens with zero attached hydrogens (tertiary/aromatic N) is 3. The van der Waals surface area contributed by atoms with Gasteiger partial charge in [0.2, 0.25) is 0 Å². The number of esters is 1. The Balaban J connectivity index is 1.45. The lowest BCUT2D eigenvalue weighted by Gasteiger charge is -2.30. The first kappa shape index (κ1) is 20.8. The molecule has 2 aliphatic heterocycles. The molecule has 2 aromatic carbocycles. The van der Waals surface area contributed by atoms with Crippen LogP contribution < -0.4 is 4.90 Å². The number of non-ortho nitro benzene ring substituents is 1. The molecule has 0 unspecified atom stereocenters. The van der Waals surface area contributed by atoms with Crippen molar-refractivity contribution in [2.24, 2.45) is 0 Å². The molecule has 0 aromatic heterocycles. The van der Waals surface area contributed by atoms with E-state index in [1.54, 1.807) is 11.0 Å². The zero-order valence-corrected chi connectivity index (χ0v) is 17.3. The fraction of sp³-hybridized carbons (Fsp3) is 0.391. The van der Waals surface area contributed by atoms with E-state index < -0.39 is 10.9 Å². The van der Waals surface area contributed by atoms with Gasteiger partial charge in [-0.1, -0.05) is 24.3 Å². The highest BCUT2D eigenvalue weighted by Gasteiger charge is 2.25. The van der Waals surface area contributed by atoms with Crippen LogP contribution in [0.4, 0.5) is 11.4 Å². The van der Waals surface area contributed by atoms with Crippen LogP contribution in [-0.2, 0) is 22.5 Å². The van der Waals surface area contributed by atoms with Gasteiger partial charge in [0.25, 0.3) is 11.6 Å². The Morgan fingerprint density at radius 2 is 1.74 bits per heavy atom. The number of fused-ring (bicyclic) bond motifs is 1. The van der Waals surface area contributed by atoms with Crippen molar-refractivity contribution in [3.05, 3.63) is 69.3 Å². The number of hydrogen-bond acceptors (Lipinski definition) is 6. The summed E-state index contributed by atoms with van der Waals surface area (Å²) in [6.07, 6.45) is 3.89. The van der Waals surface area contributed by atoms with Crippen LogP contribution in [0.3, 0.4) is 0 Å². The summed E-state index contributed by atoms with van der Waals surface area (Å²) in [5.41, 5.74) is 2.90. The number of carbonyl (C=O) groups is 2. The summed E-state index contributed by atoms with van der Waals surface area (Å²) in [6.45, 7) is 2.24. The molecule has 4 rings (SSSR count). The lowest BCUT2D eigenvalue weighted by Crippen LogP contribution is -2.38. The number of carbonyl (C=O) groups excluding carboxylic acids is 2. The van der Waals surface area contributed by atoms with Gasteiger partial charge in [0.15, 0.2) is 6.61 Å². The van der Waals surface area contributed by atoms with Gasteiger partial charge in [-0.3, -0.25) is 14.9 Å². The van der Waals surface area contributed by atoms with E-state index >= 15 is 0 Å². The van der Waals surface area contributed by atoms with Crippen molar-refractivity contribution in [1.29, 1.82) is 0 Å². The third-order valence-corrected chi connectivity index (χ3v) is 5.92. The summed E-state index contributed by atoms with van der Waals surface area (Å²) >= 11 is 0. The van der Waals surface area contributed by atoms with Crippen LogP contribution in [0.2, 0.25) is 0 Å². The molecule has 0 N–H and O–H groups in total. The van der Waals surface area contributed by atoms with Gasteiger partial charge in [-0.15, -0.1) is 0 Å². The van der Waals surface area contributed by atoms with Gasteiger partial charge < -0.3 is 14.5 Å². The number of piperidine rings is 1. The minimum atomic E-state index is -0.713. The van der Waals surface area contributed by atoms with E-state index in [9.17, 15) is 19.7 Å². The van der Waals surface area contributed by atoms with Crippen molar-refractivity contribution in [2.45, 2.75) is 32.2 Å². The van der Waals surface area contributed by atoms with Crippen molar-refractivity contribution in [3.63, 3.8) is 0 Å². The number of rotatable bonds is 5. The standard InChI is InChI=1S/C23H25N3O5/c27-22(25-13-10-17-6-2-3-7-18(17)15-25)16-31-23(28)20-14-19(26(29)30)8-9-21(20)24-11-4-1-5-12-24/h2-3,6-9,14H,1,4-5,10-13,15-16H2. The van der Waals surface area contributed by atoms with Crippen LogP contribution in [0.5, 0.6) is 0 Å². The first-order valence-electron chi connectivity index (χ1n) is 10.6. The van der Waals surface area contributed by atoms with Crippen LogP contribution in [0.25, 0.3) is 0 Å². The number of ether oxygens (including phenoxy) is 1. The van der Waals surface area contributed by atoms with Gasteiger partial charge in [0, 0.05) is 38.3 Å². The fourth-order valence-electron chi connectivity index (χ4n) is 4.22. The first-order valence-corrected chi connectivity index (χ1v) is 10.6. The molecule has 8 nitrogen and oxygen atoms in total. The number of nitro groups is 1. The lowest BCUT2D eigenvalue weighted by molar-refractivity contribution is -0.384. The summed E-state index contributed by atoms with van der Waals surface area (Å²) in [5.74, 6) is -0.983. The zero-order valence-electron chi connectivity index (χ0n) is 17.3. The van der Waals surface area contributed by atoms with Crippen LogP contribution >= 0.6 is 0 Å². The first-order chi connectivity index (χ1) is 15.0. The SMILES string of the molecule is O=C(OCC(=O)N1CCc2ccccc2C1)c1cc([N+](=O)[O-])ccc1N1CCCCC1. The van der Waals surface area contributed by atoms with Crippen molar-refractivity contribution in [3.8, 4) is 0 Å². The van der Waals surface area contributed by atoms with E-state index in [4.69, 9.17) is 4.74 Å². The zero-order chi connectivity index (χ0) is 21.8. The molecule has 0 spiro atoms. The molecule has 0 saturated carbocycles. The van der Waals surface area contributed by atoms with Crippen molar-refractivity contribution in [1.82, 2.24) is 4.90 Å². The van der Waals surface area contributed by atoms with Gasteiger partial charge in [0.05, 0.1) is 16.2 Å². The average Bonchev–Trinajstić information content (AvgIpc) is 2.82. The predicted molar refractivity (Wildman–Crippen MR) is 115 cm³/mol. The summed E-state index contributed by atoms with van der Waals surface area (Å²) in [7, 11) is 0. The van der Waals surface area contributed by atoms with E-state index in [1.165, 1.54) is 17.7 Å². The molecule has 1 fully saturated rings. The molecule has 0 bridgehead atoms. The summed E-state index contributed by atoms with van der Waals surface area (Å²) < 4.78 is 5.32. The van der Waals surface area contributed by atoms with Crippen LogP contribution in [-0.4, -0.2) is 47.9 Å². The molecule has 2 aliphatic rings. The number of hydrogen-bond donors (Lipinski definition) is 0. The van der Waals surface area contributed by atoms with Crippen LogP contribution in [0.15, 0.2) is 42.5 Å². The topological polar surface area (TPSA) is 93.0 Å². The molecule has 1 saturated heterocycles. The third-order valence-electron chi connectivity index (χ3n) is 5.92. The Morgan fingerprint density at radius 3 is 2.48 bits per heavy atom. The number of benzene rings is 2. The monoisotopic (exact) mass is 423 g/mol. The highest BCUT2D eigenvalue weighted by molar-refractivity contribution is 5.97. The number of anilines is 1. The molecule has 8 heteroatoms. The molecule has 31 heavy (non-hydrogen) atoms.